The van der Waals surface area contributed by atoms with Crippen LogP contribution in [-0.4, -0.2) is 64.0 Å². The molecule has 0 unspecified atom stereocenters. The molecule has 0 atom stereocenters. The van der Waals surface area contributed by atoms with Gasteiger partial charge in [-0.1, -0.05) is 36.4 Å². The molecule has 1 aromatic heterocycles. The van der Waals surface area contributed by atoms with E-state index >= 15 is 0 Å². The van der Waals surface area contributed by atoms with Crippen molar-refractivity contribution in [2.75, 3.05) is 48.7 Å². The highest BCUT2D eigenvalue weighted by molar-refractivity contribution is 7.99. The third kappa shape index (κ3) is 5.43. The van der Waals surface area contributed by atoms with Gasteiger partial charge in [0.1, 0.15) is 6.33 Å². The zero-order valence-electron chi connectivity index (χ0n) is 18.3. The summed E-state index contributed by atoms with van der Waals surface area (Å²) in [7, 11) is 0. The minimum atomic E-state index is -0.0805. The average molecular weight is 471 g/mol. The lowest BCUT2D eigenvalue weighted by Crippen LogP contribution is -2.46. The molecule has 9 heteroatoms. The molecule has 4 rings (SSSR count). The highest BCUT2D eigenvalue weighted by atomic mass is 35.5. The number of likely N-dealkylation sites (N-methyl/N-ethyl adjacent to an activating group) is 1. The first-order valence-corrected chi connectivity index (χ1v) is 12.1. The minimum Gasteiger partial charge on any atom is -0.369 e. The Morgan fingerprint density at radius 3 is 2.66 bits per heavy atom. The summed E-state index contributed by atoms with van der Waals surface area (Å²) in [5.41, 5.74) is 3.96. The van der Waals surface area contributed by atoms with E-state index in [9.17, 15) is 4.79 Å². The van der Waals surface area contributed by atoms with Crippen LogP contribution in [-0.2, 0) is 4.79 Å². The second-order valence-corrected chi connectivity index (χ2v) is 9.10. The lowest BCUT2D eigenvalue weighted by molar-refractivity contribution is -0.113. The molecule has 1 saturated heterocycles. The van der Waals surface area contributed by atoms with E-state index < -0.39 is 0 Å². The summed E-state index contributed by atoms with van der Waals surface area (Å²) in [5.74, 6) is 0.155. The minimum absolute atomic E-state index is 0.0805. The Bertz CT molecular complexity index is 1080. The largest absolute Gasteiger partial charge is 0.369 e. The van der Waals surface area contributed by atoms with Crippen molar-refractivity contribution in [2.24, 2.45) is 0 Å². The molecule has 7 nitrogen and oxygen atoms in total. The third-order valence-electron chi connectivity index (χ3n) is 5.60. The maximum atomic E-state index is 12.6. The number of benzene rings is 2. The zero-order chi connectivity index (χ0) is 22.5. The SMILES string of the molecule is CCN1CCN(c2ccc(NC(=O)CSc3nncn3-c3cccc(Cl)c3)c(C)c2)CC1. The van der Waals surface area contributed by atoms with Crippen molar-refractivity contribution in [1.29, 1.82) is 0 Å². The fraction of sp³-hybridized carbons (Fsp3) is 0.348. The van der Waals surface area contributed by atoms with E-state index in [1.807, 2.05) is 41.8 Å². The van der Waals surface area contributed by atoms with Crippen LogP contribution >= 0.6 is 23.4 Å². The van der Waals surface area contributed by atoms with Crippen molar-refractivity contribution >= 4 is 40.6 Å². The van der Waals surface area contributed by atoms with Crippen LogP contribution in [0.15, 0.2) is 53.9 Å². The summed E-state index contributed by atoms with van der Waals surface area (Å²) in [6.45, 7) is 9.58. The number of nitrogens with zero attached hydrogens (tertiary/aromatic N) is 5. The topological polar surface area (TPSA) is 66.3 Å². The highest BCUT2D eigenvalue weighted by Gasteiger charge is 2.17. The third-order valence-corrected chi connectivity index (χ3v) is 6.78. The maximum Gasteiger partial charge on any atom is 0.234 e. The predicted molar refractivity (Wildman–Crippen MR) is 131 cm³/mol. The van der Waals surface area contributed by atoms with E-state index in [-0.39, 0.29) is 11.7 Å². The Morgan fingerprint density at radius 1 is 1.12 bits per heavy atom. The maximum absolute atomic E-state index is 12.6. The average Bonchev–Trinajstić information content (AvgIpc) is 3.28. The van der Waals surface area contributed by atoms with E-state index in [0.717, 1.165) is 49.7 Å². The summed E-state index contributed by atoms with van der Waals surface area (Å²) in [5, 5.41) is 12.4. The number of aryl methyl sites for hydroxylation is 1. The lowest BCUT2D eigenvalue weighted by Gasteiger charge is -2.35. The van der Waals surface area contributed by atoms with Gasteiger partial charge in [-0.3, -0.25) is 9.36 Å². The molecule has 0 radical (unpaired) electrons. The zero-order valence-corrected chi connectivity index (χ0v) is 19.9. The Hall–Kier alpha value is -2.55. The van der Waals surface area contributed by atoms with Gasteiger partial charge in [-0.25, -0.2) is 0 Å². The first-order chi connectivity index (χ1) is 15.5. The molecule has 1 aliphatic rings. The van der Waals surface area contributed by atoms with Gasteiger partial charge in [0.15, 0.2) is 5.16 Å². The van der Waals surface area contributed by atoms with E-state index in [1.54, 1.807) is 6.33 Å². The molecule has 2 heterocycles. The summed E-state index contributed by atoms with van der Waals surface area (Å²) in [6, 6.07) is 13.7. The van der Waals surface area contributed by atoms with Crippen LogP contribution in [0.25, 0.3) is 5.69 Å². The summed E-state index contributed by atoms with van der Waals surface area (Å²) >= 11 is 7.43. The fourth-order valence-electron chi connectivity index (χ4n) is 3.75. The molecule has 2 aromatic carbocycles. The number of hydrogen-bond donors (Lipinski definition) is 1. The van der Waals surface area contributed by atoms with Gasteiger partial charge in [-0.15, -0.1) is 10.2 Å². The Labute approximate surface area is 197 Å². The van der Waals surface area contributed by atoms with Gasteiger partial charge in [0.25, 0.3) is 0 Å². The van der Waals surface area contributed by atoms with Crippen molar-refractivity contribution in [3.8, 4) is 5.69 Å². The molecule has 1 fully saturated rings. The molecule has 0 saturated carbocycles. The highest BCUT2D eigenvalue weighted by Crippen LogP contribution is 2.25. The first kappa shape index (κ1) is 22.6. The molecule has 1 N–H and O–H groups in total. The number of halogens is 1. The quantitative estimate of drug-likeness (QED) is 0.524. The Balaban J connectivity index is 1.35. The number of aromatic nitrogens is 3. The van der Waals surface area contributed by atoms with Crippen LogP contribution in [0.3, 0.4) is 0 Å². The van der Waals surface area contributed by atoms with Crippen molar-refractivity contribution in [3.05, 3.63) is 59.4 Å². The second-order valence-electron chi connectivity index (χ2n) is 7.72. The van der Waals surface area contributed by atoms with Gasteiger partial charge >= 0.3 is 0 Å². The molecule has 0 bridgehead atoms. The number of carbonyl (C=O) groups excluding carboxylic acids is 1. The van der Waals surface area contributed by atoms with Crippen molar-refractivity contribution in [1.82, 2.24) is 19.7 Å². The monoisotopic (exact) mass is 470 g/mol. The van der Waals surface area contributed by atoms with Crippen LogP contribution in [0.2, 0.25) is 5.02 Å². The molecule has 0 spiro atoms. The molecule has 3 aromatic rings. The van der Waals surface area contributed by atoms with Gasteiger partial charge in [0, 0.05) is 42.6 Å². The van der Waals surface area contributed by atoms with Crippen molar-refractivity contribution in [2.45, 2.75) is 19.0 Å². The molecule has 0 aliphatic carbocycles. The molecular weight excluding hydrogens is 444 g/mol. The van der Waals surface area contributed by atoms with Crippen molar-refractivity contribution < 1.29 is 4.79 Å². The van der Waals surface area contributed by atoms with Crippen LogP contribution in [0.5, 0.6) is 0 Å². The first-order valence-electron chi connectivity index (χ1n) is 10.7. The number of amides is 1. The van der Waals surface area contributed by atoms with Crippen LogP contribution < -0.4 is 10.2 Å². The molecule has 168 valence electrons. The molecule has 32 heavy (non-hydrogen) atoms. The number of anilines is 2. The number of thioether (sulfide) groups is 1. The number of nitrogens with one attached hydrogen (secondary N) is 1. The predicted octanol–water partition coefficient (Wildman–Crippen LogP) is 4.10. The molecular formula is C23H27ClN6OS. The number of piperazine rings is 1. The smallest absolute Gasteiger partial charge is 0.234 e. The molecule has 1 aliphatic heterocycles. The van der Waals surface area contributed by atoms with E-state index in [1.165, 1.54) is 17.4 Å². The lowest BCUT2D eigenvalue weighted by atomic mass is 10.1. The molecule has 1 amide bonds. The Morgan fingerprint density at radius 2 is 1.94 bits per heavy atom. The number of hydrogen-bond acceptors (Lipinski definition) is 6. The number of carbonyl (C=O) groups is 1. The van der Waals surface area contributed by atoms with Gasteiger partial charge < -0.3 is 15.1 Å². The van der Waals surface area contributed by atoms with E-state index in [2.05, 4.69) is 44.4 Å². The van der Waals surface area contributed by atoms with Gasteiger partial charge in [-0.05, 0) is 55.4 Å². The Kier molecular flexibility index (Phi) is 7.34. The van der Waals surface area contributed by atoms with Crippen LogP contribution in [0.4, 0.5) is 11.4 Å². The van der Waals surface area contributed by atoms with E-state index in [0.29, 0.717) is 10.2 Å². The standard InChI is InChI=1S/C23H27ClN6OS/c1-3-28-9-11-29(12-10-28)19-7-8-21(17(2)13-19)26-22(31)15-32-23-27-25-16-30(23)20-6-4-5-18(24)14-20/h4-8,13-14,16H,3,9-12,15H2,1-2H3,(H,26,31). The van der Waals surface area contributed by atoms with Crippen LogP contribution in [0, 0.1) is 6.92 Å². The summed E-state index contributed by atoms with van der Waals surface area (Å²) in [4.78, 5) is 17.5. The van der Waals surface area contributed by atoms with Gasteiger partial charge in [0.2, 0.25) is 5.91 Å². The normalized spacial score (nSPS) is 14.5. The summed E-state index contributed by atoms with van der Waals surface area (Å²) in [6.07, 6.45) is 1.62. The second kappa shape index (κ2) is 10.4. The fourth-order valence-corrected chi connectivity index (χ4v) is 4.66. The summed E-state index contributed by atoms with van der Waals surface area (Å²) < 4.78 is 1.82. The number of rotatable bonds is 7. The van der Waals surface area contributed by atoms with Crippen molar-refractivity contribution in [3.63, 3.8) is 0 Å². The van der Waals surface area contributed by atoms with Crippen LogP contribution in [0.1, 0.15) is 12.5 Å². The van der Waals surface area contributed by atoms with E-state index in [4.69, 9.17) is 11.6 Å². The van der Waals surface area contributed by atoms with Gasteiger partial charge in [-0.2, -0.15) is 0 Å². The van der Waals surface area contributed by atoms with Gasteiger partial charge in [0.05, 0.1) is 11.4 Å².